The summed E-state index contributed by atoms with van der Waals surface area (Å²) in [7, 11) is 2.02. The van der Waals surface area contributed by atoms with Crippen LogP contribution < -0.4 is 5.73 Å². The lowest BCUT2D eigenvalue weighted by Crippen LogP contribution is -2.47. The van der Waals surface area contributed by atoms with Crippen LogP contribution in [0.5, 0.6) is 0 Å². The topological polar surface area (TPSA) is 49.5 Å². The largest absolute Gasteiger partial charge is 0.387 e. The molecule has 0 fully saturated rings. The molecular formula is C16H28N2O. The number of aliphatic hydroxyl groups excluding tert-OH is 1. The first-order valence-electron chi connectivity index (χ1n) is 6.92. The third kappa shape index (κ3) is 4.60. The summed E-state index contributed by atoms with van der Waals surface area (Å²) in [6.45, 7) is 9.24. The molecule has 0 spiro atoms. The van der Waals surface area contributed by atoms with Crippen molar-refractivity contribution in [3.05, 3.63) is 35.9 Å². The van der Waals surface area contributed by atoms with Gasteiger partial charge >= 0.3 is 0 Å². The molecule has 1 aromatic rings. The van der Waals surface area contributed by atoms with Crippen molar-refractivity contribution in [1.29, 1.82) is 0 Å². The van der Waals surface area contributed by atoms with Gasteiger partial charge in [-0.05, 0) is 24.9 Å². The second-order valence-corrected chi connectivity index (χ2v) is 6.51. The summed E-state index contributed by atoms with van der Waals surface area (Å²) < 4.78 is 0. The molecule has 0 aliphatic rings. The van der Waals surface area contributed by atoms with E-state index in [9.17, 15) is 5.11 Å². The summed E-state index contributed by atoms with van der Waals surface area (Å²) in [6, 6.07) is 9.90. The lowest BCUT2D eigenvalue weighted by molar-refractivity contribution is 0.0622. The zero-order valence-corrected chi connectivity index (χ0v) is 12.8. The zero-order chi connectivity index (χ0) is 14.6. The standard InChI is InChI=1S/C16H28N2O/c1-12(15(19)13-9-7-6-8-10-13)18(5)11-14(17)16(2,3)4/h6-10,12,14-15,19H,11,17H2,1-5H3/t12-,14-,15+/m0/s1. The maximum atomic E-state index is 10.4. The second-order valence-electron chi connectivity index (χ2n) is 6.51. The van der Waals surface area contributed by atoms with Crippen molar-refractivity contribution in [3.8, 4) is 0 Å². The Balaban J connectivity index is 2.64. The molecule has 0 unspecified atom stereocenters. The fourth-order valence-corrected chi connectivity index (χ4v) is 1.92. The molecular weight excluding hydrogens is 236 g/mol. The van der Waals surface area contributed by atoms with E-state index in [0.29, 0.717) is 0 Å². The Hall–Kier alpha value is -0.900. The van der Waals surface area contributed by atoms with Gasteiger partial charge in [0.15, 0.2) is 0 Å². The van der Waals surface area contributed by atoms with Crippen molar-refractivity contribution in [2.24, 2.45) is 11.1 Å². The third-order valence-corrected chi connectivity index (χ3v) is 3.89. The summed E-state index contributed by atoms with van der Waals surface area (Å²) in [5.74, 6) is 0. The van der Waals surface area contributed by atoms with Crippen molar-refractivity contribution < 1.29 is 5.11 Å². The van der Waals surface area contributed by atoms with E-state index in [-0.39, 0.29) is 17.5 Å². The van der Waals surface area contributed by atoms with E-state index >= 15 is 0 Å². The first kappa shape index (κ1) is 16.2. The average Bonchev–Trinajstić information content (AvgIpc) is 2.36. The van der Waals surface area contributed by atoms with Crippen LogP contribution >= 0.6 is 0 Å². The molecule has 0 saturated carbocycles. The summed E-state index contributed by atoms with van der Waals surface area (Å²) in [5, 5.41) is 10.4. The summed E-state index contributed by atoms with van der Waals surface area (Å²) in [6.07, 6.45) is -0.488. The Morgan fingerprint density at radius 3 is 2.21 bits per heavy atom. The molecule has 3 N–H and O–H groups in total. The van der Waals surface area contributed by atoms with Gasteiger partial charge in [0.2, 0.25) is 0 Å². The predicted molar refractivity (Wildman–Crippen MR) is 80.9 cm³/mol. The van der Waals surface area contributed by atoms with Crippen LogP contribution in [0.4, 0.5) is 0 Å². The molecule has 19 heavy (non-hydrogen) atoms. The Bertz CT molecular complexity index is 372. The SMILES string of the molecule is C[C@@H]([C@@H](O)c1ccccc1)N(C)C[C@H](N)C(C)(C)C. The molecule has 0 amide bonds. The number of aliphatic hydroxyl groups is 1. The van der Waals surface area contributed by atoms with E-state index in [1.165, 1.54) is 0 Å². The fraction of sp³-hybridized carbons (Fsp3) is 0.625. The van der Waals surface area contributed by atoms with Gasteiger partial charge < -0.3 is 10.8 Å². The molecule has 0 aliphatic carbocycles. The number of benzene rings is 1. The van der Waals surface area contributed by atoms with Gasteiger partial charge in [0, 0.05) is 18.6 Å². The minimum atomic E-state index is -0.488. The summed E-state index contributed by atoms with van der Waals surface area (Å²) in [4.78, 5) is 2.13. The predicted octanol–water partition coefficient (Wildman–Crippen LogP) is 2.41. The summed E-state index contributed by atoms with van der Waals surface area (Å²) >= 11 is 0. The van der Waals surface area contributed by atoms with E-state index in [0.717, 1.165) is 12.1 Å². The van der Waals surface area contributed by atoms with Crippen molar-refractivity contribution >= 4 is 0 Å². The van der Waals surface area contributed by atoms with E-state index in [1.54, 1.807) is 0 Å². The summed E-state index contributed by atoms with van der Waals surface area (Å²) in [5.41, 5.74) is 7.23. The number of nitrogens with zero attached hydrogens (tertiary/aromatic N) is 1. The van der Waals surface area contributed by atoms with Gasteiger partial charge in [0.05, 0.1) is 6.10 Å². The van der Waals surface area contributed by atoms with Crippen LogP contribution in [0, 0.1) is 5.41 Å². The monoisotopic (exact) mass is 264 g/mol. The van der Waals surface area contributed by atoms with Gasteiger partial charge in [0.1, 0.15) is 0 Å². The highest BCUT2D eigenvalue weighted by Gasteiger charge is 2.26. The highest BCUT2D eigenvalue weighted by molar-refractivity contribution is 5.18. The van der Waals surface area contributed by atoms with Crippen LogP contribution in [0.3, 0.4) is 0 Å². The Morgan fingerprint density at radius 2 is 1.74 bits per heavy atom. The van der Waals surface area contributed by atoms with Gasteiger partial charge in [-0.3, -0.25) is 4.90 Å². The lowest BCUT2D eigenvalue weighted by Gasteiger charge is -2.35. The van der Waals surface area contributed by atoms with Crippen molar-refractivity contribution in [2.75, 3.05) is 13.6 Å². The van der Waals surface area contributed by atoms with Gasteiger partial charge in [0.25, 0.3) is 0 Å². The van der Waals surface area contributed by atoms with Gasteiger partial charge in [-0.25, -0.2) is 0 Å². The molecule has 3 atom stereocenters. The Morgan fingerprint density at radius 1 is 1.21 bits per heavy atom. The van der Waals surface area contributed by atoms with Crippen molar-refractivity contribution in [3.63, 3.8) is 0 Å². The number of nitrogens with two attached hydrogens (primary N) is 1. The Labute approximate surface area is 117 Å². The molecule has 0 radical (unpaired) electrons. The quantitative estimate of drug-likeness (QED) is 0.858. The number of likely N-dealkylation sites (N-methyl/N-ethyl adjacent to an activating group) is 1. The minimum absolute atomic E-state index is 0.0378. The van der Waals surface area contributed by atoms with Crippen LogP contribution in [-0.4, -0.2) is 35.7 Å². The van der Waals surface area contributed by atoms with Crippen molar-refractivity contribution in [1.82, 2.24) is 4.90 Å². The molecule has 108 valence electrons. The molecule has 1 aromatic carbocycles. The molecule has 3 heteroatoms. The van der Waals surface area contributed by atoms with E-state index in [4.69, 9.17) is 5.73 Å². The third-order valence-electron chi connectivity index (χ3n) is 3.89. The van der Waals surface area contributed by atoms with Gasteiger partial charge in [-0.2, -0.15) is 0 Å². The first-order chi connectivity index (χ1) is 8.73. The molecule has 0 aromatic heterocycles. The van der Waals surface area contributed by atoms with E-state index in [1.807, 2.05) is 44.3 Å². The van der Waals surface area contributed by atoms with Crippen LogP contribution in [-0.2, 0) is 0 Å². The van der Waals surface area contributed by atoms with E-state index < -0.39 is 6.10 Å². The molecule has 3 nitrogen and oxygen atoms in total. The molecule has 0 bridgehead atoms. The van der Waals surface area contributed by atoms with Gasteiger partial charge in [-0.15, -0.1) is 0 Å². The first-order valence-corrected chi connectivity index (χ1v) is 6.92. The molecule has 0 heterocycles. The Kier molecular flexibility index (Phi) is 5.53. The number of hydrogen-bond donors (Lipinski definition) is 2. The highest BCUT2D eigenvalue weighted by atomic mass is 16.3. The molecule has 0 saturated heterocycles. The lowest BCUT2D eigenvalue weighted by atomic mass is 9.87. The van der Waals surface area contributed by atoms with Crippen molar-refractivity contribution in [2.45, 2.75) is 45.9 Å². The number of hydrogen-bond acceptors (Lipinski definition) is 3. The fourth-order valence-electron chi connectivity index (χ4n) is 1.92. The second kappa shape index (κ2) is 6.51. The van der Waals surface area contributed by atoms with Gasteiger partial charge in [-0.1, -0.05) is 51.1 Å². The highest BCUT2D eigenvalue weighted by Crippen LogP contribution is 2.22. The maximum Gasteiger partial charge on any atom is 0.0942 e. The van der Waals surface area contributed by atoms with Crippen LogP contribution in [0.25, 0.3) is 0 Å². The molecule has 1 rings (SSSR count). The van der Waals surface area contributed by atoms with Crippen LogP contribution in [0.15, 0.2) is 30.3 Å². The van der Waals surface area contributed by atoms with E-state index in [2.05, 4.69) is 25.7 Å². The molecule has 0 aliphatic heterocycles. The van der Waals surface area contributed by atoms with Crippen LogP contribution in [0.2, 0.25) is 0 Å². The maximum absolute atomic E-state index is 10.4. The number of rotatable bonds is 5. The zero-order valence-electron chi connectivity index (χ0n) is 12.8. The normalized spacial score (nSPS) is 17.3. The smallest absolute Gasteiger partial charge is 0.0942 e. The minimum Gasteiger partial charge on any atom is -0.387 e. The van der Waals surface area contributed by atoms with Crippen LogP contribution in [0.1, 0.15) is 39.4 Å². The average molecular weight is 264 g/mol.